The van der Waals surface area contributed by atoms with Gasteiger partial charge < -0.3 is 15.2 Å². The maximum Gasteiger partial charge on any atom is 0.175 e. The van der Waals surface area contributed by atoms with E-state index in [1.807, 2.05) is 0 Å². The van der Waals surface area contributed by atoms with Gasteiger partial charge >= 0.3 is 0 Å². The lowest BCUT2D eigenvalue weighted by Crippen LogP contribution is -2.11. The number of ether oxygens (including phenoxy) is 2. The van der Waals surface area contributed by atoms with Gasteiger partial charge in [0, 0.05) is 12.0 Å². The zero-order valence-corrected chi connectivity index (χ0v) is 9.63. The van der Waals surface area contributed by atoms with E-state index in [0.717, 1.165) is 10.9 Å². The number of amidine groups is 1. The molecule has 0 aromatic heterocycles. The molecule has 0 atom stereocenters. The summed E-state index contributed by atoms with van der Waals surface area (Å²) in [4.78, 5) is 0. The van der Waals surface area contributed by atoms with Crippen molar-refractivity contribution >= 4 is 21.8 Å². The fourth-order valence-electron chi connectivity index (χ4n) is 1.39. The monoisotopic (exact) mass is 270 g/mol. The Morgan fingerprint density at radius 1 is 1.33 bits per heavy atom. The van der Waals surface area contributed by atoms with Gasteiger partial charge in [-0.15, -0.1) is 0 Å². The topological polar surface area (TPSA) is 68.3 Å². The zero-order valence-electron chi connectivity index (χ0n) is 8.05. The summed E-state index contributed by atoms with van der Waals surface area (Å²) in [5.74, 6) is 1.36. The second kappa shape index (κ2) is 4.10. The third kappa shape index (κ3) is 2.07. The summed E-state index contributed by atoms with van der Waals surface area (Å²) in [6, 6.07) is 3.49. The van der Waals surface area contributed by atoms with Crippen LogP contribution in [0.4, 0.5) is 0 Å². The molecule has 0 fully saturated rings. The summed E-state index contributed by atoms with van der Waals surface area (Å²) in [5, 5.41) is 7.36. The zero-order chi connectivity index (χ0) is 10.8. The third-order valence-electron chi connectivity index (χ3n) is 2.11. The minimum atomic E-state index is 0.0198. The van der Waals surface area contributed by atoms with Gasteiger partial charge in [-0.2, -0.15) is 0 Å². The van der Waals surface area contributed by atoms with E-state index in [4.69, 9.17) is 20.6 Å². The minimum Gasteiger partial charge on any atom is -0.489 e. The van der Waals surface area contributed by atoms with Crippen molar-refractivity contribution in [2.45, 2.75) is 6.42 Å². The molecule has 0 unspecified atom stereocenters. The number of nitrogens with one attached hydrogen (secondary N) is 1. The molecule has 15 heavy (non-hydrogen) atoms. The third-order valence-corrected chi connectivity index (χ3v) is 2.70. The van der Waals surface area contributed by atoms with Crippen molar-refractivity contribution in [2.75, 3.05) is 13.2 Å². The number of benzene rings is 1. The van der Waals surface area contributed by atoms with Gasteiger partial charge in [-0.1, -0.05) is 0 Å². The predicted molar refractivity (Wildman–Crippen MR) is 60.8 cm³/mol. The molecule has 1 aromatic carbocycles. The Morgan fingerprint density at radius 3 is 2.80 bits per heavy atom. The van der Waals surface area contributed by atoms with Crippen LogP contribution in [0.3, 0.4) is 0 Å². The first-order valence-corrected chi connectivity index (χ1v) is 5.41. The first-order valence-electron chi connectivity index (χ1n) is 4.62. The summed E-state index contributed by atoms with van der Waals surface area (Å²) < 4.78 is 11.8. The van der Waals surface area contributed by atoms with Gasteiger partial charge in [0.1, 0.15) is 5.84 Å². The Labute approximate surface area is 96.0 Å². The number of nitrogen functional groups attached to an aromatic ring is 1. The van der Waals surface area contributed by atoms with E-state index < -0.39 is 0 Å². The van der Waals surface area contributed by atoms with Crippen LogP contribution in [0.1, 0.15) is 12.0 Å². The highest BCUT2D eigenvalue weighted by Gasteiger charge is 2.15. The highest BCUT2D eigenvalue weighted by Crippen LogP contribution is 2.37. The number of rotatable bonds is 1. The highest BCUT2D eigenvalue weighted by atomic mass is 79.9. The second-order valence-electron chi connectivity index (χ2n) is 3.25. The first kappa shape index (κ1) is 10.3. The van der Waals surface area contributed by atoms with E-state index >= 15 is 0 Å². The molecule has 80 valence electrons. The fraction of sp³-hybridized carbons (Fsp3) is 0.300. The average Bonchev–Trinajstić information content (AvgIpc) is 2.42. The molecule has 1 aromatic rings. The average molecular weight is 271 g/mol. The summed E-state index contributed by atoms with van der Waals surface area (Å²) in [6.07, 6.45) is 0.858. The lowest BCUT2D eigenvalue weighted by atomic mass is 10.2. The molecule has 3 N–H and O–H groups in total. The number of fused-ring (bicyclic) bond motifs is 1. The van der Waals surface area contributed by atoms with Crippen molar-refractivity contribution in [3.05, 3.63) is 22.2 Å². The molecule has 1 aliphatic rings. The molecule has 0 radical (unpaired) electrons. The van der Waals surface area contributed by atoms with Crippen molar-refractivity contribution in [1.29, 1.82) is 5.41 Å². The van der Waals surface area contributed by atoms with Crippen molar-refractivity contribution in [1.82, 2.24) is 0 Å². The number of halogens is 1. The lowest BCUT2D eigenvalue weighted by molar-refractivity contribution is 0.296. The van der Waals surface area contributed by atoms with Crippen LogP contribution in [0.2, 0.25) is 0 Å². The summed E-state index contributed by atoms with van der Waals surface area (Å²) >= 11 is 3.38. The molecule has 4 nitrogen and oxygen atoms in total. The van der Waals surface area contributed by atoms with Gasteiger partial charge in [0.05, 0.1) is 17.7 Å². The molecule has 0 amide bonds. The van der Waals surface area contributed by atoms with E-state index in [2.05, 4.69) is 15.9 Å². The molecule has 2 rings (SSSR count). The van der Waals surface area contributed by atoms with Crippen molar-refractivity contribution in [2.24, 2.45) is 5.73 Å². The predicted octanol–water partition coefficient (Wildman–Crippen LogP) is 1.89. The molecular formula is C10H11BrN2O2. The van der Waals surface area contributed by atoms with Crippen LogP contribution < -0.4 is 15.2 Å². The Balaban J connectivity index is 2.48. The first-order chi connectivity index (χ1) is 7.18. The molecule has 0 saturated carbocycles. The summed E-state index contributed by atoms with van der Waals surface area (Å²) in [6.45, 7) is 1.27. The van der Waals surface area contributed by atoms with Gasteiger partial charge in [0.15, 0.2) is 11.5 Å². The Hall–Kier alpha value is -1.23. The largest absolute Gasteiger partial charge is 0.489 e. The van der Waals surface area contributed by atoms with Crippen LogP contribution in [0.15, 0.2) is 16.6 Å². The summed E-state index contributed by atoms with van der Waals surface area (Å²) in [5.41, 5.74) is 6.05. The highest BCUT2D eigenvalue weighted by molar-refractivity contribution is 9.10. The smallest absolute Gasteiger partial charge is 0.175 e. The standard InChI is InChI=1S/C10H11BrN2O2/c11-7-4-6(10(12)13)5-8-9(7)15-3-1-2-14-8/h4-5H,1-3H2,(H3,12,13). The number of hydrogen-bond acceptors (Lipinski definition) is 3. The number of nitrogens with two attached hydrogens (primary N) is 1. The van der Waals surface area contributed by atoms with Gasteiger partial charge in [-0.25, -0.2) is 0 Å². The van der Waals surface area contributed by atoms with Crippen molar-refractivity contribution < 1.29 is 9.47 Å². The van der Waals surface area contributed by atoms with Gasteiger partial charge in [-0.05, 0) is 28.1 Å². The molecular weight excluding hydrogens is 260 g/mol. The Bertz CT molecular complexity index is 407. The van der Waals surface area contributed by atoms with E-state index in [1.165, 1.54) is 0 Å². The molecule has 5 heteroatoms. The van der Waals surface area contributed by atoms with Crippen LogP contribution in [-0.2, 0) is 0 Å². The van der Waals surface area contributed by atoms with Crippen molar-refractivity contribution in [3.8, 4) is 11.5 Å². The summed E-state index contributed by atoms with van der Waals surface area (Å²) in [7, 11) is 0. The van der Waals surface area contributed by atoms with Crippen LogP contribution in [0.25, 0.3) is 0 Å². The molecule has 0 spiro atoms. The number of hydrogen-bond donors (Lipinski definition) is 2. The molecule has 1 heterocycles. The normalized spacial score (nSPS) is 14.5. The van der Waals surface area contributed by atoms with Crippen LogP contribution in [0.5, 0.6) is 11.5 Å². The maximum atomic E-state index is 7.36. The Morgan fingerprint density at radius 2 is 2.07 bits per heavy atom. The van der Waals surface area contributed by atoms with Crippen molar-refractivity contribution in [3.63, 3.8) is 0 Å². The molecule has 0 aliphatic carbocycles. The maximum absolute atomic E-state index is 7.36. The molecule has 0 bridgehead atoms. The second-order valence-corrected chi connectivity index (χ2v) is 4.10. The van der Waals surface area contributed by atoms with Crippen LogP contribution in [-0.4, -0.2) is 19.0 Å². The lowest BCUT2D eigenvalue weighted by Gasteiger charge is -2.10. The van der Waals surface area contributed by atoms with Gasteiger partial charge in [-0.3, -0.25) is 5.41 Å². The quantitative estimate of drug-likeness (QED) is 0.605. The minimum absolute atomic E-state index is 0.0198. The van der Waals surface area contributed by atoms with E-state index in [0.29, 0.717) is 30.3 Å². The van der Waals surface area contributed by atoms with E-state index in [1.54, 1.807) is 12.1 Å². The van der Waals surface area contributed by atoms with Gasteiger partial charge in [0.2, 0.25) is 0 Å². The van der Waals surface area contributed by atoms with Crippen LogP contribution in [0, 0.1) is 5.41 Å². The van der Waals surface area contributed by atoms with Gasteiger partial charge in [0.25, 0.3) is 0 Å². The van der Waals surface area contributed by atoms with E-state index in [9.17, 15) is 0 Å². The SMILES string of the molecule is N=C(N)c1cc(Br)c2c(c1)OCCCO2. The molecule has 1 aliphatic heterocycles. The molecule has 0 saturated heterocycles. The van der Waals surface area contributed by atoms with Crippen LogP contribution >= 0.6 is 15.9 Å². The fourth-order valence-corrected chi connectivity index (χ4v) is 1.94. The van der Waals surface area contributed by atoms with E-state index in [-0.39, 0.29) is 5.84 Å². The Kier molecular flexibility index (Phi) is 2.81.